The van der Waals surface area contributed by atoms with Gasteiger partial charge in [0.05, 0.1) is 29.3 Å². The van der Waals surface area contributed by atoms with E-state index in [0.717, 1.165) is 0 Å². The minimum absolute atomic E-state index is 0.108. The van der Waals surface area contributed by atoms with Crippen LogP contribution in [0.25, 0.3) is 0 Å². The molecule has 0 spiro atoms. The van der Waals surface area contributed by atoms with Crippen LogP contribution >= 0.6 is 23.2 Å². The Morgan fingerprint density at radius 2 is 1.66 bits per heavy atom. The number of sulfonamides is 1. The highest BCUT2D eigenvalue weighted by molar-refractivity contribution is 7.92. The van der Waals surface area contributed by atoms with Gasteiger partial charge < -0.3 is 30.1 Å². The quantitative estimate of drug-likeness (QED) is 0.226. The van der Waals surface area contributed by atoms with E-state index in [4.69, 9.17) is 37.8 Å². The Bertz CT molecular complexity index is 1630. The molecule has 0 radical (unpaired) electrons. The number of ether oxygens (including phenoxy) is 2. The SMILES string of the molecule is COc1ccc(NS(=O)(=O)c2ccc(C(=O)NCC(=O)NCC3CCN(C(=O)O)CC3)cc2)c(Oc2ccc(Cl)cc2Cl)c1. The van der Waals surface area contributed by atoms with E-state index in [1.54, 1.807) is 18.2 Å². The number of carbonyl (C=O) groups excluding carboxylic acids is 2. The van der Waals surface area contributed by atoms with Gasteiger partial charge in [-0.15, -0.1) is 0 Å². The minimum atomic E-state index is -4.12. The van der Waals surface area contributed by atoms with Gasteiger partial charge in [0.25, 0.3) is 15.9 Å². The highest BCUT2D eigenvalue weighted by Gasteiger charge is 2.23. The normalized spacial score (nSPS) is 13.6. The van der Waals surface area contributed by atoms with E-state index in [-0.39, 0.29) is 51.0 Å². The van der Waals surface area contributed by atoms with E-state index < -0.39 is 22.0 Å². The number of methoxy groups -OCH3 is 1. The summed E-state index contributed by atoms with van der Waals surface area (Å²) in [6.45, 7) is 0.948. The van der Waals surface area contributed by atoms with Crippen LogP contribution in [0.15, 0.2) is 65.6 Å². The molecule has 0 atom stereocenters. The van der Waals surface area contributed by atoms with E-state index >= 15 is 0 Å². The van der Waals surface area contributed by atoms with Crippen molar-refractivity contribution in [1.82, 2.24) is 15.5 Å². The molecule has 3 aromatic carbocycles. The summed E-state index contributed by atoms with van der Waals surface area (Å²) < 4.78 is 40.0. The molecule has 1 saturated heterocycles. The zero-order valence-corrected chi connectivity index (χ0v) is 25.8. The van der Waals surface area contributed by atoms with E-state index in [9.17, 15) is 22.8 Å². The van der Waals surface area contributed by atoms with Crippen LogP contribution in [-0.2, 0) is 14.8 Å². The van der Waals surface area contributed by atoms with Crippen LogP contribution in [0, 0.1) is 5.92 Å². The lowest BCUT2D eigenvalue weighted by Crippen LogP contribution is -2.43. The maximum atomic E-state index is 13.2. The summed E-state index contributed by atoms with van der Waals surface area (Å²) in [6.07, 6.45) is 0.341. The highest BCUT2D eigenvalue weighted by atomic mass is 35.5. The number of hydrogen-bond acceptors (Lipinski definition) is 7. The fourth-order valence-corrected chi connectivity index (χ4v) is 5.89. The van der Waals surface area contributed by atoms with Gasteiger partial charge in [-0.05, 0) is 73.4 Å². The Kier molecular flexibility index (Phi) is 10.8. The van der Waals surface area contributed by atoms with Gasteiger partial charge in [-0.1, -0.05) is 23.2 Å². The average Bonchev–Trinajstić information content (AvgIpc) is 3.01. The Labute approximate surface area is 264 Å². The fourth-order valence-electron chi connectivity index (χ4n) is 4.38. The first-order chi connectivity index (χ1) is 20.9. The van der Waals surface area contributed by atoms with Gasteiger partial charge in [-0.25, -0.2) is 13.2 Å². The minimum Gasteiger partial charge on any atom is -0.497 e. The Hall–Kier alpha value is -4.20. The lowest BCUT2D eigenvalue weighted by atomic mass is 9.97. The molecule has 0 saturated carbocycles. The molecule has 12 nitrogen and oxygen atoms in total. The molecular formula is C29H30Cl2N4O8S. The molecule has 1 aliphatic rings. The third kappa shape index (κ3) is 8.68. The van der Waals surface area contributed by atoms with Crippen molar-refractivity contribution >= 4 is 56.8 Å². The number of nitrogens with one attached hydrogen (secondary N) is 3. The molecule has 234 valence electrons. The maximum absolute atomic E-state index is 13.2. The van der Waals surface area contributed by atoms with Gasteiger partial charge in [0.2, 0.25) is 5.91 Å². The van der Waals surface area contributed by atoms with E-state index in [2.05, 4.69) is 15.4 Å². The van der Waals surface area contributed by atoms with Crippen LogP contribution in [0.2, 0.25) is 10.0 Å². The van der Waals surface area contributed by atoms with Crippen molar-refractivity contribution < 1.29 is 37.4 Å². The van der Waals surface area contributed by atoms with Gasteiger partial charge in [0, 0.05) is 36.3 Å². The summed E-state index contributed by atoms with van der Waals surface area (Å²) in [5.74, 6) is -0.00774. The van der Waals surface area contributed by atoms with Crippen molar-refractivity contribution in [2.75, 3.05) is 38.0 Å². The number of benzene rings is 3. The number of halogens is 2. The number of likely N-dealkylation sites (tertiary alicyclic amines) is 1. The monoisotopic (exact) mass is 664 g/mol. The number of piperidine rings is 1. The molecule has 1 heterocycles. The molecular weight excluding hydrogens is 635 g/mol. The average molecular weight is 666 g/mol. The van der Waals surface area contributed by atoms with Crippen LogP contribution in [0.5, 0.6) is 17.2 Å². The first-order valence-electron chi connectivity index (χ1n) is 13.4. The largest absolute Gasteiger partial charge is 0.497 e. The second-order valence-electron chi connectivity index (χ2n) is 9.87. The van der Waals surface area contributed by atoms with Gasteiger partial charge in [-0.2, -0.15) is 0 Å². The summed E-state index contributed by atoms with van der Waals surface area (Å²) in [5, 5.41) is 14.9. The topological polar surface area (TPSA) is 163 Å². The highest BCUT2D eigenvalue weighted by Crippen LogP contribution is 2.38. The van der Waals surface area contributed by atoms with E-state index in [1.807, 2.05) is 0 Å². The Morgan fingerprint density at radius 1 is 0.955 bits per heavy atom. The molecule has 4 N–H and O–H groups in total. The number of amides is 3. The van der Waals surface area contributed by atoms with E-state index in [0.29, 0.717) is 43.2 Å². The van der Waals surface area contributed by atoms with Crippen molar-refractivity contribution in [1.29, 1.82) is 0 Å². The first-order valence-corrected chi connectivity index (χ1v) is 15.7. The third-order valence-corrected chi connectivity index (χ3v) is 8.77. The van der Waals surface area contributed by atoms with Crippen molar-refractivity contribution in [3.8, 4) is 17.2 Å². The molecule has 0 aliphatic carbocycles. The van der Waals surface area contributed by atoms with Gasteiger partial charge in [-0.3, -0.25) is 14.3 Å². The molecule has 15 heteroatoms. The molecule has 4 rings (SSSR count). The zero-order chi connectivity index (χ0) is 31.9. The van der Waals surface area contributed by atoms with Gasteiger partial charge >= 0.3 is 6.09 Å². The molecule has 3 aromatic rings. The number of nitrogens with zero attached hydrogens (tertiary/aromatic N) is 1. The lowest BCUT2D eigenvalue weighted by Gasteiger charge is -2.29. The van der Waals surface area contributed by atoms with Gasteiger partial charge in [0.15, 0.2) is 5.75 Å². The van der Waals surface area contributed by atoms with Crippen molar-refractivity contribution in [2.24, 2.45) is 5.92 Å². The van der Waals surface area contributed by atoms with Crippen LogP contribution in [0.4, 0.5) is 10.5 Å². The smallest absolute Gasteiger partial charge is 0.407 e. The number of carboxylic acid groups (broad SMARTS) is 1. The maximum Gasteiger partial charge on any atom is 0.407 e. The standard InChI is InChI=1S/C29H30Cl2N4O8S/c1-42-21-5-8-24(26(15-21)43-25-9-4-20(30)14-23(25)31)34-44(40,41)22-6-2-19(3-7-22)28(37)33-17-27(36)32-16-18-10-12-35(13-11-18)29(38)39/h2-9,14-15,18,34H,10-13,16-17H2,1H3,(H,32,36)(H,33,37)(H,38,39). The second-order valence-corrected chi connectivity index (χ2v) is 12.4. The number of anilines is 1. The van der Waals surface area contributed by atoms with Crippen molar-refractivity contribution in [2.45, 2.75) is 17.7 Å². The van der Waals surface area contributed by atoms with Crippen LogP contribution in [-0.4, -0.2) is 69.6 Å². The summed E-state index contributed by atoms with van der Waals surface area (Å²) in [6, 6.07) is 14.3. The summed E-state index contributed by atoms with van der Waals surface area (Å²) in [4.78, 5) is 37.0. The summed E-state index contributed by atoms with van der Waals surface area (Å²) in [7, 11) is -2.66. The van der Waals surface area contributed by atoms with Crippen LogP contribution in [0.1, 0.15) is 23.2 Å². The van der Waals surface area contributed by atoms with Crippen LogP contribution < -0.4 is 24.8 Å². The molecule has 0 unspecified atom stereocenters. The second kappa shape index (κ2) is 14.5. The zero-order valence-electron chi connectivity index (χ0n) is 23.5. The number of rotatable bonds is 11. The first kappa shape index (κ1) is 32.7. The summed E-state index contributed by atoms with van der Waals surface area (Å²) >= 11 is 12.2. The summed E-state index contributed by atoms with van der Waals surface area (Å²) in [5.41, 5.74) is 0.265. The third-order valence-electron chi connectivity index (χ3n) is 6.86. The van der Waals surface area contributed by atoms with Crippen molar-refractivity contribution in [3.63, 3.8) is 0 Å². The number of carbonyl (C=O) groups is 3. The predicted molar refractivity (Wildman–Crippen MR) is 164 cm³/mol. The van der Waals surface area contributed by atoms with Crippen molar-refractivity contribution in [3.05, 3.63) is 76.3 Å². The molecule has 0 aromatic heterocycles. The lowest BCUT2D eigenvalue weighted by molar-refractivity contribution is -0.120. The van der Waals surface area contributed by atoms with Gasteiger partial charge in [0.1, 0.15) is 11.5 Å². The Morgan fingerprint density at radius 3 is 2.30 bits per heavy atom. The molecule has 0 bridgehead atoms. The Balaban J connectivity index is 1.34. The fraction of sp³-hybridized carbons (Fsp3) is 0.276. The predicted octanol–water partition coefficient (Wildman–Crippen LogP) is 4.83. The molecule has 44 heavy (non-hydrogen) atoms. The number of hydrogen-bond donors (Lipinski definition) is 4. The molecule has 3 amide bonds. The van der Waals surface area contributed by atoms with E-state index in [1.165, 1.54) is 54.5 Å². The molecule has 1 fully saturated rings. The van der Waals surface area contributed by atoms with Crippen LogP contribution in [0.3, 0.4) is 0 Å². The molecule has 1 aliphatic heterocycles.